The van der Waals surface area contributed by atoms with Crippen molar-refractivity contribution in [2.45, 2.75) is 51.4 Å². The van der Waals surface area contributed by atoms with Crippen LogP contribution in [-0.4, -0.2) is 28.9 Å². The molecule has 0 saturated carbocycles. The molecule has 0 aliphatic carbocycles. The van der Waals surface area contributed by atoms with E-state index in [1.807, 2.05) is 4.90 Å². The Kier molecular flexibility index (Phi) is 5.36. The number of guanidine groups is 2. The van der Waals surface area contributed by atoms with Gasteiger partial charge in [0.05, 0.1) is 11.3 Å². The van der Waals surface area contributed by atoms with Crippen LogP contribution in [0.25, 0.3) is 0 Å². The van der Waals surface area contributed by atoms with Gasteiger partial charge in [-0.3, -0.25) is 0 Å². The Morgan fingerprint density at radius 3 is 2.38 bits per heavy atom. The van der Waals surface area contributed by atoms with Gasteiger partial charge in [0.15, 0.2) is 5.96 Å². The fourth-order valence-corrected chi connectivity index (χ4v) is 2.96. The number of piperidine rings is 1. The van der Waals surface area contributed by atoms with Crippen LogP contribution in [0.4, 0.5) is 18.9 Å². The topological polar surface area (TPSA) is 80.0 Å². The number of rotatable bonds is 1. The molecule has 0 spiro atoms. The third-order valence-corrected chi connectivity index (χ3v) is 4.10. The summed E-state index contributed by atoms with van der Waals surface area (Å²) in [6.07, 6.45) is -1.29. The number of hydrogen-bond donors (Lipinski definition) is 2. The van der Waals surface area contributed by atoms with Gasteiger partial charge in [-0.1, -0.05) is 6.07 Å². The maximum Gasteiger partial charge on any atom is 0.416 e. The van der Waals surface area contributed by atoms with E-state index in [1.54, 1.807) is 0 Å². The zero-order valence-electron chi connectivity index (χ0n) is 13.7. The molecule has 2 rings (SSSR count). The van der Waals surface area contributed by atoms with Crippen molar-refractivity contribution in [2.75, 3.05) is 0 Å². The Labute approximate surface area is 139 Å². The average Bonchev–Trinajstić information content (AvgIpc) is 2.46. The molecule has 0 bridgehead atoms. The van der Waals surface area contributed by atoms with Crippen LogP contribution in [0.3, 0.4) is 0 Å². The van der Waals surface area contributed by atoms with Crippen LogP contribution in [0.2, 0.25) is 0 Å². The molecule has 1 aliphatic heterocycles. The van der Waals surface area contributed by atoms with E-state index < -0.39 is 11.7 Å². The molecule has 0 amide bonds. The average molecular weight is 341 g/mol. The van der Waals surface area contributed by atoms with E-state index >= 15 is 0 Å². The molecule has 1 saturated heterocycles. The summed E-state index contributed by atoms with van der Waals surface area (Å²) in [5.74, 6) is 0.0692. The monoisotopic (exact) mass is 341 g/mol. The lowest BCUT2D eigenvalue weighted by Gasteiger charge is -2.39. The molecule has 2 unspecified atom stereocenters. The highest BCUT2D eigenvalue weighted by atomic mass is 19.4. The normalized spacial score (nSPS) is 23.5. The highest BCUT2D eigenvalue weighted by Crippen LogP contribution is 2.31. The summed E-state index contributed by atoms with van der Waals surface area (Å²) in [6.45, 7) is 4.11. The van der Waals surface area contributed by atoms with Gasteiger partial charge < -0.3 is 16.4 Å². The lowest BCUT2D eigenvalue weighted by Crippen LogP contribution is -2.51. The maximum atomic E-state index is 12.7. The minimum absolute atomic E-state index is 0.0821. The minimum atomic E-state index is -4.43. The van der Waals surface area contributed by atoms with E-state index in [4.69, 9.17) is 11.5 Å². The minimum Gasteiger partial charge on any atom is -0.369 e. The van der Waals surface area contributed by atoms with Crippen molar-refractivity contribution < 1.29 is 13.2 Å². The van der Waals surface area contributed by atoms with Crippen LogP contribution in [0.5, 0.6) is 0 Å². The second kappa shape index (κ2) is 7.11. The van der Waals surface area contributed by atoms with Crippen molar-refractivity contribution in [1.82, 2.24) is 4.90 Å². The van der Waals surface area contributed by atoms with Crippen molar-refractivity contribution in [3.05, 3.63) is 29.8 Å². The third kappa shape index (κ3) is 4.39. The molecule has 1 heterocycles. The quantitative estimate of drug-likeness (QED) is 0.608. The largest absolute Gasteiger partial charge is 0.416 e. The van der Waals surface area contributed by atoms with Gasteiger partial charge in [0.25, 0.3) is 0 Å². The molecule has 1 aliphatic rings. The van der Waals surface area contributed by atoms with Crippen LogP contribution in [0.1, 0.15) is 38.7 Å². The molecule has 1 fully saturated rings. The molecule has 2 atom stereocenters. The van der Waals surface area contributed by atoms with E-state index in [0.717, 1.165) is 31.4 Å². The summed E-state index contributed by atoms with van der Waals surface area (Å²) in [5.41, 5.74) is 11.1. The van der Waals surface area contributed by atoms with Crippen LogP contribution < -0.4 is 11.5 Å². The first-order chi connectivity index (χ1) is 11.2. The molecule has 0 radical (unpaired) electrons. The van der Waals surface area contributed by atoms with Gasteiger partial charge in [0, 0.05) is 12.1 Å². The third-order valence-electron chi connectivity index (χ3n) is 4.10. The van der Waals surface area contributed by atoms with Crippen molar-refractivity contribution in [3.8, 4) is 0 Å². The molecule has 4 N–H and O–H groups in total. The van der Waals surface area contributed by atoms with E-state index in [0.29, 0.717) is 0 Å². The Morgan fingerprint density at radius 2 is 1.79 bits per heavy atom. The predicted octanol–water partition coefficient (Wildman–Crippen LogP) is 3.23. The van der Waals surface area contributed by atoms with Crippen molar-refractivity contribution in [1.29, 1.82) is 0 Å². The molecular weight excluding hydrogens is 319 g/mol. The molecule has 8 heteroatoms. The van der Waals surface area contributed by atoms with E-state index in [9.17, 15) is 13.2 Å². The Hall–Kier alpha value is -2.25. The van der Waals surface area contributed by atoms with Gasteiger partial charge in [0.2, 0.25) is 5.96 Å². The van der Waals surface area contributed by atoms with Gasteiger partial charge >= 0.3 is 6.18 Å². The molecule has 0 aromatic heterocycles. The first-order valence-corrected chi connectivity index (χ1v) is 7.82. The Morgan fingerprint density at radius 1 is 1.17 bits per heavy atom. The van der Waals surface area contributed by atoms with Crippen molar-refractivity contribution in [2.24, 2.45) is 21.5 Å². The van der Waals surface area contributed by atoms with Gasteiger partial charge in [-0.15, -0.1) is 0 Å². The first kappa shape index (κ1) is 18.1. The number of nitrogens with two attached hydrogens (primary N) is 2. The number of benzene rings is 1. The van der Waals surface area contributed by atoms with Crippen LogP contribution in [0, 0.1) is 0 Å². The number of halogens is 3. The summed E-state index contributed by atoms with van der Waals surface area (Å²) >= 11 is 0. The van der Waals surface area contributed by atoms with Gasteiger partial charge in [0.1, 0.15) is 0 Å². The lowest BCUT2D eigenvalue weighted by molar-refractivity contribution is -0.137. The molecular formula is C16H22F3N5. The summed E-state index contributed by atoms with van der Waals surface area (Å²) in [5, 5.41) is 0. The van der Waals surface area contributed by atoms with E-state index in [2.05, 4.69) is 23.8 Å². The lowest BCUT2D eigenvalue weighted by atomic mass is 9.98. The molecule has 1 aromatic rings. The summed E-state index contributed by atoms with van der Waals surface area (Å²) in [6, 6.07) is 5.07. The summed E-state index contributed by atoms with van der Waals surface area (Å²) < 4.78 is 38.1. The maximum absolute atomic E-state index is 12.7. The van der Waals surface area contributed by atoms with E-state index in [1.165, 1.54) is 12.1 Å². The number of nitrogens with zero attached hydrogens (tertiary/aromatic N) is 3. The summed E-state index contributed by atoms with van der Waals surface area (Å²) in [4.78, 5) is 9.94. The second-order valence-electron chi connectivity index (χ2n) is 6.02. The highest BCUT2D eigenvalue weighted by molar-refractivity contribution is 5.94. The fourth-order valence-electron chi connectivity index (χ4n) is 2.96. The molecule has 132 valence electrons. The van der Waals surface area contributed by atoms with Crippen LogP contribution in [0.15, 0.2) is 34.3 Å². The Balaban J connectivity index is 2.21. The Bertz CT molecular complexity index is 629. The smallest absolute Gasteiger partial charge is 0.369 e. The highest BCUT2D eigenvalue weighted by Gasteiger charge is 2.30. The fraction of sp³-hybridized carbons (Fsp3) is 0.500. The number of alkyl halides is 3. The van der Waals surface area contributed by atoms with Crippen molar-refractivity contribution in [3.63, 3.8) is 0 Å². The van der Waals surface area contributed by atoms with Crippen molar-refractivity contribution >= 4 is 17.6 Å². The zero-order chi connectivity index (χ0) is 17.9. The van der Waals surface area contributed by atoms with Gasteiger partial charge in [-0.2, -0.15) is 18.2 Å². The molecule has 24 heavy (non-hydrogen) atoms. The number of likely N-dealkylation sites (tertiary alicyclic amines) is 1. The van der Waals surface area contributed by atoms with Crippen LogP contribution >= 0.6 is 0 Å². The number of hydrogen-bond acceptors (Lipinski definition) is 1. The standard InChI is InChI=1S/C16H22F3N5/c1-10-5-3-6-11(2)24(10)15(21)23-14(20)22-13-8-4-7-12(9-13)16(17,18)19/h4,7-11H,3,5-6H2,1-2H3,(H4,20,21,22,23). The second-order valence-corrected chi connectivity index (χ2v) is 6.02. The zero-order valence-corrected chi connectivity index (χ0v) is 13.7. The first-order valence-electron chi connectivity index (χ1n) is 7.82. The van der Waals surface area contributed by atoms with Gasteiger partial charge in [-0.25, -0.2) is 4.99 Å². The SMILES string of the molecule is CC1CCCC(C)N1C(N)=NC(N)=Nc1cccc(C(F)(F)F)c1. The summed E-state index contributed by atoms with van der Waals surface area (Å²) in [7, 11) is 0. The molecule has 5 nitrogen and oxygen atoms in total. The van der Waals surface area contributed by atoms with Crippen LogP contribution in [-0.2, 0) is 6.18 Å². The number of aliphatic imine (C=N–C) groups is 2. The predicted molar refractivity (Wildman–Crippen MR) is 89.0 cm³/mol. The van der Waals surface area contributed by atoms with E-state index in [-0.39, 0.29) is 29.7 Å². The van der Waals surface area contributed by atoms with Gasteiger partial charge in [-0.05, 0) is 51.3 Å². The molecule has 1 aromatic carbocycles.